The second-order valence-corrected chi connectivity index (χ2v) is 6.02. The first-order valence-corrected chi connectivity index (χ1v) is 7.50. The molecule has 3 rings (SSSR count). The molecule has 0 aliphatic heterocycles. The number of Topliss-reactive ketones (excluding diaryl/α,β-unsaturated/α-hetero) is 2. The van der Waals surface area contributed by atoms with Crippen LogP contribution in [0, 0.1) is 0 Å². The van der Waals surface area contributed by atoms with E-state index in [2.05, 4.69) is 0 Å². The van der Waals surface area contributed by atoms with Gasteiger partial charge in [-0.15, -0.1) is 0 Å². The standard InChI is InChI=1S/C19H18O4/c1-11(2)12-8-9-15(16(20)10-12)19(23-3)17(21)13-6-4-5-7-14(13)18(19)22/h4-11,20H,1-3H3. The lowest BCUT2D eigenvalue weighted by Gasteiger charge is -2.26. The molecule has 2 aromatic rings. The first-order chi connectivity index (χ1) is 10.9. The van der Waals surface area contributed by atoms with Crippen molar-refractivity contribution in [2.75, 3.05) is 7.11 Å². The van der Waals surface area contributed by atoms with E-state index in [1.54, 1.807) is 36.4 Å². The number of benzene rings is 2. The lowest BCUT2D eigenvalue weighted by Crippen LogP contribution is -2.40. The van der Waals surface area contributed by atoms with Crippen molar-refractivity contribution in [2.24, 2.45) is 0 Å². The van der Waals surface area contributed by atoms with Crippen molar-refractivity contribution < 1.29 is 19.4 Å². The predicted molar refractivity (Wildman–Crippen MR) is 86.0 cm³/mol. The lowest BCUT2D eigenvalue weighted by molar-refractivity contribution is 0.00919. The molecule has 118 valence electrons. The number of ether oxygens (including phenoxy) is 1. The summed E-state index contributed by atoms with van der Waals surface area (Å²) in [6.45, 7) is 4.00. The molecular weight excluding hydrogens is 292 g/mol. The Morgan fingerprint density at radius 3 is 2.00 bits per heavy atom. The van der Waals surface area contributed by atoms with Gasteiger partial charge in [0.1, 0.15) is 5.75 Å². The summed E-state index contributed by atoms with van der Waals surface area (Å²) >= 11 is 0. The summed E-state index contributed by atoms with van der Waals surface area (Å²) in [4.78, 5) is 25.7. The first kappa shape index (κ1) is 15.4. The van der Waals surface area contributed by atoms with Crippen LogP contribution < -0.4 is 0 Å². The second kappa shape index (κ2) is 5.32. The molecule has 0 bridgehead atoms. The Morgan fingerprint density at radius 2 is 1.57 bits per heavy atom. The summed E-state index contributed by atoms with van der Waals surface area (Å²) in [5.41, 5.74) is -0.0367. The smallest absolute Gasteiger partial charge is 0.222 e. The minimum atomic E-state index is -1.80. The molecule has 0 saturated carbocycles. The third kappa shape index (κ3) is 2.02. The van der Waals surface area contributed by atoms with E-state index in [4.69, 9.17) is 4.74 Å². The number of carbonyl (C=O) groups is 2. The van der Waals surface area contributed by atoms with Crippen molar-refractivity contribution in [1.29, 1.82) is 0 Å². The van der Waals surface area contributed by atoms with Gasteiger partial charge >= 0.3 is 0 Å². The van der Waals surface area contributed by atoms with E-state index in [-0.39, 0.29) is 17.2 Å². The van der Waals surface area contributed by atoms with Gasteiger partial charge in [0.25, 0.3) is 0 Å². The maximum atomic E-state index is 12.9. The average Bonchev–Trinajstić information content (AvgIpc) is 2.77. The van der Waals surface area contributed by atoms with Gasteiger partial charge in [0, 0.05) is 23.8 Å². The number of fused-ring (bicyclic) bond motifs is 1. The van der Waals surface area contributed by atoms with Gasteiger partial charge in [0.15, 0.2) is 0 Å². The molecular formula is C19H18O4. The summed E-state index contributed by atoms with van der Waals surface area (Å²) < 4.78 is 5.41. The van der Waals surface area contributed by atoms with Crippen molar-refractivity contribution in [2.45, 2.75) is 25.4 Å². The van der Waals surface area contributed by atoms with Crippen molar-refractivity contribution in [3.8, 4) is 5.75 Å². The Morgan fingerprint density at radius 1 is 1.00 bits per heavy atom. The molecule has 0 radical (unpaired) electrons. The van der Waals surface area contributed by atoms with Gasteiger partial charge in [-0.3, -0.25) is 9.59 Å². The molecule has 2 aromatic carbocycles. The lowest BCUT2D eigenvalue weighted by atomic mass is 9.86. The summed E-state index contributed by atoms with van der Waals surface area (Å²) in [6.07, 6.45) is 0. The molecule has 1 N–H and O–H groups in total. The number of aromatic hydroxyl groups is 1. The zero-order valence-corrected chi connectivity index (χ0v) is 13.3. The van der Waals surface area contributed by atoms with E-state index in [1.165, 1.54) is 7.11 Å². The Bertz CT molecular complexity index is 770. The molecule has 4 nitrogen and oxygen atoms in total. The molecule has 23 heavy (non-hydrogen) atoms. The van der Waals surface area contributed by atoms with Gasteiger partial charge in [0.05, 0.1) is 0 Å². The highest BCUT2D eigenvalue weighted by atomic mass is 16.5. The van der Waals surface area contributed by atoms with Gasteiger partial charge in [-0.05, 0) is 17.5 Å². The summed E-state index contributed by atoms with van der Waals surface area (Å²) in [6, 6.07) is 11.6. The quantitative estimate of drug-likeness (QED) is 0.882. The maximum absolute atomic E-state index is 12.9. The van der Waals surface area contributed by atoms with Crippen LogP contribution in [-0.4, -0.2) is 23.8 Å². The maximum Gasteiger partial charge on any atom is 0.222 e. The Balaban J connectivity index is 2.21. The van der Waals surface area contributed by atoms with E-state index < -0.39 is 17.2 Å². The first-order valence-electron chi connectivity index (χ1n) is 7.50. The molecule has 1 aliphatic rings. The van der Waals surface area contributed by atoms with Gasteiger partial charge in [0.2, 0.25) is 17.2 Å². The topological polar surface area (TPSA) is 63.6 Å². The SMILES string of the molecule is COC1(c2ccc(C(C)C)cc2O)C(=O)c2ccccc2C1=O. The van der Waals surface area contributed by atoms with Gasteiger partial charge in [-0.1, -0.05) is 50.2 Å². The fourth-order valence-corrected chi connectivity index (χ4v) is 3.11. The summed E-state index contributed by atoms with van der Waals surface area (Å²) in [5, 5.41) is 10.4. The number of phenolic OH excluding ortho intramolecular Hbond substituents is 1. The van der Waals surface area contributed by atoms with Gasteiger partial charge in [-0.25, -0.2) is 0 Å². The van der Waals surface area contributed by atoms with Crippen LogP contribution >= 0.6 is 0 Å². The van der Waals surface area contributed by atoms with Gasteiger partial charge < -0.3 is 9.84 Å². The van der Waals surface area contributed by atoms with Crippen molar-refractivity contribution in [3.63, 3.8) is 0 Å². The average molecular weight is 310 g/mol. The molecule has 0 aromatic heterocycles. The zero-order valence-electron chi connectivity index (χ0n) is 13.3. The van der Waals surface area contributed by atoms with Gasteiger partial charge in [-0.2, -0.15) is 0 Å². The number of rotatable bonds is 3. The number of hydrogen-bond donors (Lipinski definition) is 1. The number of hydrogen-bond acceptors (Lipinski definition) is 4. The summed E-state index contributed by atoms with van der Waals surface area (Å²) in [7, 11) is 1.32. The molecule has 0 atom stereocenters. The fraction of sp³-hybridized carbons (Fsp3) is 0.263. The largest absolute Gasteiger partial charge is 0.508 e. The van der Waals surface area contributed by atoms with E-state index >= 15 is 0 Å². The number of methoxy groups -OCH3 is 1. The normalized spacial score (nSPS) is 16.0. The zero-order chi connectivity index (χ0) is 16.8. The highest BCUT2D eigenvalue weighted by Gasteiger charge is 2.56. The van der Waals surface area contributed by atoms with Crippen LogP contribution in [0.25, 0.3) is 0 Å². The van der Waals surface area contributed by atoms with Crippen LogP contribution in [0.15, 0.2) is 42.5 Å². The second-order valence-electron chi connectivity index (χ2n) is 6.02. The van der Waals surface area contributed by atoms with E-state index in [0.29, 0.717) is 11.1 Å². The molecule has 0 amide bonds. The van der Waals surface area contributed by atoms with Crippen LogP contribution in [0.3, 0.4) is 0 Å². The van der Waals surface area contributed by atoms with Crippen LogP contribution in [0.1, 0.15) is 51.6 Å². The predicted octanol–water partition coefficient (Wildman–Crippen LogP) is 3.44. The molecule has 0 saturated heterocycles. The summed E-state index contributed by atoms with van der Waals surface area (Å²) in [5.74, 6) is -0.755. The van der Waals surface area contributed by atoms with Crippen LogP contribution in [0.2, 0.25) is 0 Å². The third-order valence-corrected chi connectivity index (χ3v) is 4.43. The molecule has 0 fully saturated rings. The number of ketones is 2. The minimum Gasteiger partial charge on any atom is -0.508 e. The van der Waals surface area contributed by atoms with E-state index in [1.807, 2.05) is 19.9 Å². The highest BCUT2D eigenvalue weighted by molar-refractivity contribution is 6.32. The molecule has 0 spiro atoms. The Labute approximate surface area is 134 Å². The molecule has 1 aliphatic carbocycles. The molecule has 4 heteroatoms. The monoisotopic (exact) mass is 310 g/mol. The third-order valence-electron chi connectivity index (χ3n) is 4.43. The minimum absolute atomic E-state index is 0.104. The molecule has 0 heterocycles. The number of carbonyl (C=O) groups excluding carboxylic acids is 2. The van der Waals surface area contributed by atoms with Crippen LogP contribution in [0.4, 0.5) is 0 Å². The van der Waals surface area contributed by atoms with E-state index in [0.717, 1.165) is 5.56 Å². The van der Waals surface area contributed by atoms with Crippen LogP contribution in [0.5, 0.6) is 5.75 Å². The fourth-order valence-electron chi connectivity index (χ4n) is 3.11. The number of phenols is 1. The van der Waals surface area contributed by atoms with Crippen molar-refractivity contribution in [1.82, 2.24) is 0 Å². The van der Waals surface area contributed by atoms with E-state index in [9.17, 15) is 14.7 Å². The van der Waals surface area contributed by atoms with Crippen LogP contribution in [-0.2, 0) is 10.3 Å². The van der Waals surface area contributed by atoms with Crippen molar-refractivity contribution in [3.05, 3.63) is 64.7 Å². The highest BCUT2D eigenvalue weighted by Crippen LogP contribution is 2.44. The Kier molecular flexibility index (Phi) is 3.57. The molecule has 0 unspecified atom stereocenters. The van der Waals surface area contributed by atoms with Crippen molar-refractivity contribution >= 4 is 11.6 Å². The Hall–Kier alpha value is -2.46.